The highest BCUT2D eigenvalue weighted by molar-refractivity contribution is 7.13. The number of thiazole rings is 1. The van der Waals surface area contributed by atoms with Crippen molar-refractivity contribution in [1.82, 2.24) is 4.98 Å². The summed E-state index contributed by atoms with van der Waals surface area (Å²) in [6, 6.07) is 7.92. The van der Waals surface area contributed by atoms with E-state index in [1.807, 2.05) is 29.6 Å². The molecule has 2 aromatic rings. The van der Waals surface area contributed by atoms with E-state index in [0.29, 0.717) is 5.13 Å². The average molecular weight is 353 g/mol. The van der Waals surface area contributed by atoms with Gasteiger partial charge in [-0.1, -0.05) is 18.2 Å². The number of amides is 1. The van der Waals surface area contributed by atoms with Gasteiger partial charge in [0.1, 0.15) is 0 Å². The molecular formula is C20H23N3OS. The Hall–Kier alpha value is -1.88. The van der Waals surface area contributed by atoms with Crippen LogP contribution in [0.4, 0.5) is 10.8 Å². The summed E-state index contributed by atoms with van der Waals surface area (Å²) in [6.45, 7) is 0. The summed E-state index contributed by atoms with van der Waals surface area (Å²) in [6.07, 6.45) is 7.29. The zero-order valence-corrected chi connectivity index (χ0v) is 15.0. The van der Waals surface area contributed by atoms with Gasteiger partial charge in [0.25, 0.3) is 0 Å². The van der Waals surface area contributed by atoms with Crippen molar-refractivity contribution in [1.29, 1.82) is 0 Å². The van der Waals surface area contributed by atoms with Gasteiger partial charge in [0.15, 0.2) is 5.13 Å². The molecule has 4 saturated carbocycles. The van der Waals surface area contributed by atoms with Crippen molar-refractivity contribution >= 4 is 28.1 Å². The number of nitrogens with two attached hydrogens (primary N) is 1. The van der Waals surface area contributed by atoms with Crippen LogP contribution in [0.3, 0.4) is 0 Å². The molecule has 1 heterocycles. The predicted molar refractivity (Wildman–Crippen MR) is 101 cm³/mol. The number of aromatic nitrogens is 1. The van der Waals surface area contributed by atoms with Crippen molar-refractivity contribution in [3.05, 3.63) is 29.6 Å². The second-order valence-corrected chi connectivity index (χ2v) is 9.16. The van der Waals surface area contributed by atoms with Crippen LogP contribution in [0, 0.1) is 23.2 Å². The number of nitrogen functional groups attached to an aromatic ring is 1. The lowest BCUT2D eigenvalue weighted by Gasteiger charge is -2.55. The Morgan fingerprint density at radius 2 is 1.76 bits per heavy atom. The third-order valence-electron chi connectivity index (χ3n) is 6.49. The van der Waals surface area contributed by atoms with Gasteiger partial charge in [-0.2, -0.15) is 0 Å². The van der Waals surface area contributed by atoms with Gasteiger partial charge in [0.2, 0.25) is 5.91 Å². The highest BCUT2D eigenvalue weighted by Gasteiger charge is 2.54. The van der Waals surface area contributed by atoms with Gasteiger partial charge in [0, 0.05) is 10.9 Å². The number of hydrogen-bond donors (Lipinski definition) is 2. The van der Waals surface area contributed by atoms with Crippen LogP contribution in [-0.2, 0) is 4.79 Å². The molecule has 4 fully saturated rings. The maximum Gasteiger partial charge on any atom is 0.230 e. The Kier molecular flexibility index (Phi) is 3.42. The van der Waals surface area contributed by atoms with Crippen LogP contribution < -0.4 is 11.1 Å². The summed E-state index contributed by atoms with van der Waals surface area (Å²) in [7, 11) is 0. The molecule has 6 rings (SSSR count). The average Bonchev–Trinajstić information content (AvgIpc) is 3.00. The van der Waals surface area contributed by atoms with Crippen LogP contribution in [0.1, 0.15) is 38.5 Å². The zero-order valence-electron chi connectivity index (χ0n) is 14.2. The first-order chi connectivity index (χ1) is 12.1. The van der Waals surface area contributed by atoms with Gasteiger partial charge < -0.3 is 11.1 Å². The van der Waals surface area contributed by atoms with Crippen LogP contribution in [0.25, 0.3) is 11.3 Å². The lowest BCUT2D eigenvalue weighted by molar-refractivity contribution is -0.140. The fourth-order valence-electron chi connectivity index (χ4n) is 5.87. The first kappa shape index (κ1) is 15.4. The van der Waals surface area contributed by atoms with Crippen LogP contribution in [-0.4, -0.2) is 10.9 Å². The third-order valence-corrected chi connectivity index (χ3v) is 7.17. The molecule has 1 amide bonds. The molecule has 130 valence electrons. The summed E-state index contributed by atoms with van der Waals surface area (Å²) in [5.41, 5.74) is 8.30. The van der Waals surface area contributed by atoms with E-state index < -0.39 is 0 Å². The molecule has 1 aromatic heterocycles. The molecule has 4 nitrogen and oxygen atoms in total. The molecule has 0 saturated heterocycles. The van der Waals surface area contributed by atoms with E-state index in [1.165, 1.54) is 30.6 Å². The fraction of sp³-hybridized carbons (Fsp3) is 0.500. The summed E-state index contributed by atoms with van der Waals surface area (Å²) in [5.74, 6) is 2.53. The molecule has 0 unspecified atom stereocenters. The first-order valence-corrected chi connectivity index (χ1v) is 10.1. The predicted octanol–water partition coefficient (Wildman–Crippen LogP) is 4.55. The Labute approximate surface area is 151 Å². The van der Waals surface area contributed by atoms with E-state index in [2.05, 4.69) is 10.3 Å². The molecule has 0 spiro atoms. The summed E-state index contributed by atoms with van der Waals surface area (Å²) in [4.78, 5) is 17.7. The fourth-order valence-corrected chi connectivity index (χ4v) is 6.43. The standard InChI is InChI=1S/C20H23N3OS/c21-19-23-17(11-25-19)15-3-1-2-4-16(15)22-18(24)20-8-12-5-13(9-20)7-14(6-12)10-20/h1-4,11-14H,5-10H2,(H2,21,23)(H,22,24). The number of hydrogen-bond acceptors (Lipinski definition) is 4. The minimum absolute atomic E-state index is 0.136. The minimum atomic E-state index is -0.136. The number of nitrogens with one attached hydrogen (secondary N) is 1. The first-order valence-electron chi connectivity index (χ1n) is 9.23. The molecule has 25 heavy (non-hydrogen) atoms. The van der Waals surface area contributed by atoms with Gasteiger partial charge in [-0.15, -0.1) is 11.3 Å². The maximum absolute atomic E-state index is 13.3. The van der Waals surface area contributed by atoms with E-state index in [0.717, 1.165) is 54.0 Å². The van der Waals surface area contributed by atoms with E-state index in [9.17, 15) is 4.79 Å². The minimum Gasteiger partial charge on any atom is -0.375 e. The quantitative estimate of drug-likeness (QED) is 0.851. The lowest BCUT2D eigenvalue weighted by atomic mass is 9.49. The van der Waals surface area contributed by atoms with Gasteiger partial charge in [-0.25, -0.2) is 4.98 Å². The van der Waals surface area contributed by atoms with Crippen molar-refractivity contribution < 1.29 is 4.79 Å². The maximum atomic E-state index is 13.3. The van der Waals surface area contributed by atoms with Crippen molar-refractivity contribution in [2.24, 2.45) is 23.2 Å². The molecule has 1 aromatic carbocycles. The van der Waals surface area contributed by atoms with Gasteiger partial charge >= 0.3 is 0 Å². The summed E-state index contributed by atoms with van der Waals surface area (Å²) < 4.78 is 0. The van der Waals surface area contributed by atoms with Crippen molar-refractivity contribution in [3.8, 4) is 11.3 Å². The Balaban J connectivity index is 1.44. The molecule has 4 bridgehead atoms. The molecule has 3 N–H and O–H groups in total. The molecule has 0 aliphatic heterocycles. The molecule has 5 heteroatoms. The van der Waals surface area contributed by atoms with E-state index in [-0.39, 0.29) is 11.3 Å². The van der Waals surface area contributed by atoms with Crippen LogP contribution >= 0.6 is 11.3 Å². The highest BCUT2D eigenvalue weighted by atomic mass is 32.1. The number of carbonyl (C=O) groups is 1. The van der Waals surface area contributed by atoms with Gasteiger partial charge in [-0.3, -0.25) is 4.79 Å². The Bertz CT molecular complexity index is 793. The number of anilines is 2. The lowest BCUT2D eigenvalue weighted by Crippen LogP contribution is -2.51. The van der Waals surface area contributed by atoms with Crippen LogP contribution in [0.15, 0.2) is 29.6 Å². The topological polar surface area (TPSA) is 68.0 Å². The normalized spacial score (nSPS) is 32.7. The number of nitrogens with zero attached hydrogens (tertiary/aromatic N) is 1. The molecule has 0 atom stereocenters. The number of para-hydroxylation sites is 1. The largest absolute Gasteiger partial charge is 0.375 e. The highest BCUT2D eigenvalue weighted by Crippen LogP contribution is 2.60. The second kappa shape index (κ2) is 5.56. The smallest absolute Gasteiger partial charge is 0.230 e. The monoisotopic (exact) mass is 353 g/mol. The van der Waals surface area contributed by atoms with E-state index in [4.69, 9.17) is 5.73 Å². The van der Waals surface area contributed by atoms with Crippen LogP contribution in [0.2, 0.25) is 0 Å². The molecular weight excluding hydrogens is 330 g/mol. The number of benzene rings is 1. The van der Waals surface area contributed by atoms with E-state index in [1.54, 1.807) is 0 Å². The summed E-state index contributed by atoms with van der Waals surface area (Å²) >= 11 is 1.43. The Morgan fingerprint density at radius 3 is 2.36 bits per heavy atom. The third kappa shape index (κ3) is 2.56. The molecule has 4 aliphatic carbocycles. The summed E-state index contributed by atoms with van der Waals surface area (Å²) in [5, 5.41) is 5.76. The molecule has 0 radical (unpaired) electrons. The van der Waals surface area contributed by atoms with E-state index >= 15 is 0 Å². The van der Waals surface area contributed by atoms with Crippen molar-refractivity contribution in [2.75, 3.05) is 11.1 Å². The Morgan fingerprint density at radius 1 is 1.12 bits per heavy atom. The SMILES string of the molecule is Nc1nc(-c2ccccc2NC(=O)C23CC4CC(CC(C4)C2)C3)cs1. The number of carbonyl (C=O) groups excluding carboxylic acids is 1. The molecule has 4 aliphatic rings. The number of rotatable bonds is 3. The second-order valence-electron chi connectivity index (χ2n) is 8.27. The van der Waals surface area contributed by atoms with Crippen molar-refractivity contribution in [3.63, 3.8) is 0 Å². The van der Waals surface area contributed by atoms with Gasteiger partial charge in [-0.05, 0) is 62.3 Å². The van der Waals surface area contributed by atoms with Gasteiger partial charge in [0.05, 0.1) is 16.8 Å². The van der Waals surface area contributed by atoms with Crippen LogP contribution in [0.5, 0.6) is 0 Å². The zero-order chi connectivity index (χ0) is 17.0. The van der Waals surface area contributed by atoms with Crippen molar-refractivity contribution in [2.45, 2.75) is 38.5 Å².